The predicted molar refractivity (Wildman–Crippen MR) is 51.8 cm³/mol. The van der Waals surface area contributed by atoms with Gasteiger partial charge in [-0.25, -0.2) is 0 Å². The number of allylic oxidation sites excluding steroid dienone is 3. The summed E-state index contributed by atoms with van der Waals surface area (Å²) in [5.41, 5.74) is 2.62. The minimum absolute atomic E-state index is 0.0336. The lowest BCUT2D eigenvalue weighted by molar-refractivity contribution is -0.140. The maximum Gasteiger partial charge on any atom is 0.321 e. The van der Waals surface area contributed by atoms with Gasteiger partial charge in [0.1, 0.15) is 6.04 Å². The molecule has 0 saturated heterocycles. The summed E-state index contributed by atoms with van der Waals surface area (Å²) in [6.45, 7) is 0. The van der Waals surface area contributed by atoms with E-state index in [9.17, 15) is 4.79 Å². The van der Waals surface area contributed by atoms with E-state index in [4.69, 9.17) is 5.11 Å². The molecule has 1 aliphatic heterocycles. The number of rotatable bonds is 1. The molecular weight excluding hydrogens is 178 g/mol. The first kappa shape index (κ1) is 8.00. The van der Waals surface area contributed by atoms with Crippen molar-refractivity contribution in [3.63, 3.8) is 0 Å². The average molecular weight is 189 g/mol. The van der Waals surface area contributed by atoms with Crippen molar-refractivity contribution in [3.8, 4) is 0 Å². The Morgan fingerprint density at radius 2 is 2.36 bits per heavy atom. The van der Waals surface area contributed by atoms with Crippen LogP contribution in [0.2, 0.25) is 0 Å². The Morgan fingerprint density at radius 1 is 1.50 bits per heavy atom. The molecule has 0 bridgehead atoms. The van der Waals surface area contributed by atoms with Crippen molar-refractivity contribution < 1.29 is 9.90 Å². The largest absolute Gasteiger partial charge is 0.480 e. The second kappa shape index (κ2) is 2.58. The Bertz CT molecular complexity index is 392. The fraction of sp³-hybridized carbons (Fsp3) is 0.364. The Morgan fingerprint density at radius 3 is 3.14 bits per heavy atom. The zero-order valence-corrected chi connectivity index (χ0v) is 7.60. The molecule has 3 nitrogen and oxygen atoms in total. The standard InChI is InChI=1S/C11H11NO2/c13-11(14)10-7-4-2-1-3-6(7)8-5-9(8)12-10/h1-4,7,9-10,12H,5H2,(H,13,14). The number of hydrogen-bond donors (Lipinski definition) is 2. The molecule has 3 rings (SSSR count). The SMILES string of the molecule is O=C(O)C1NC2CC2=C2C=CC=CC21. The smallest absolute Gasteiger partial charge is 0.321 e. The molecule has 14 heavy (non-hydrogen) atoms. The summed E-state index contributed by atoms with van der Waals surface area (Å²) in [4.78, 5) is 11.0. The molecule has 3 atom stereocenters. The zero-order chi connectivity index (χ0) is 9.71. The van der Waals surface area contributed by atoms with E-state index in [1.807, 2.05) is 18.2 Å². The lowest BCUT2D eigenvalue weighted by Gasteiger charge is -2.28. The lowest BCUT2D eigenvalue weighted by atomic mass is 9.85. The number of aliphatic carboxylic acids is 1. The molecule has 0 aromatic heterocycles. The van der Waals surface area contributed by atoms with Crippen LogP contribution in [0.1, 0.15) is 6.42 Å². The molecule has 0 aromatic carbocycles. The van der Waals surface area contributed by atoms with Gasteiger partial charge in [0.2, 0.25) is 0 Å². The summed E-state index contributed by atoms with van der Waals surface area (Å²) in [6.07, 6.45) is 8.96. The zero-order valence-electron chi connectivity index (χ0n) is 7.60. The molecule has 0 spiro atoms. The van der Waals surface area contributed by atoms with Gasteiger partial charge in [0.25, 0.3) is 0 Å². The van der Waals surface area contributed by atoms with E-state index in [1.54, 1.807) is 0 Å². The van der Waals surface area contributed by atoms with Crippen LogP contribution in [0, 0.1) is 5.92 Å². The van der Waals surface area contributed by atoms with Gasteiger partial charge in [0.05, 0.1) is 0 Å². The summed E-state index contributed by atoms with van der Waals surface area (Å²) in [7, 11) is 0. The highest BCUT2D eigenvalue weighted by Gasteiger charge is 2.45. The highest BCUT2D eigenvalue weighted by Crippen LogP contribution is 2.43. The van der Waals surface area contributed by atoms with Gasteiger partial charge in [0, 0.05) is 12.0 Å². The molecule has 0 aromatic rings. The van der Waals surface area contributed by atoms with Crippen molar-refractivity contribution >= 4 is 5.97 Å². The maximum absolute atomic E-state index is 11.0. The molecule has 0 amide bonds. The number of hydrogen-bond acceptors (Lipinski definition) is 2. The van der Waals surface area contributed by atoms with E-state index >= 15 is 0 Å². The summed E-state index contributed by atoms with van der Waals surface area (Å²) in [5, 5.41) is 12.2. The first-order valence-electron chi connectivity index (χ1n) is 4.84. The second-order valence-electron chi connectivity index (χ2n) is 3.99. The van der Waals surface area contributed by atoms with Crippen molar-refractivity contribution in [1.82, 2.24) is 5.32 Å². The van der Waals surface area contributed by atoms with Gasteiger partial charge in [0.15, 0.2) is 0 Å². The van der Waals surface area contributed by atoms with Gasteiger partial charge in [-0.1, -0.05) is 24.3 Å². The van der Waals surface area contributed by atoms with Crippen LogP contribution in [0.4, 0.5) is 0 Å². The third kappa shape index (κ3) is 0.990. The Labute approximate surface area is 81.8 Å². The van der Waals surface area contributed by atoms with Crippen LogP contribution in [0.25, 0.3) is 0 Å². The predicted octanol–water partition coefficient (Wildman–Crippen LogP) is 0.854. The molecule has 1 fully saturated rings. The quantitative estimate of drug-likeness (QED) is 0.643. The van der Waals surface area contributed by atoms with Crippen molar-refractivity contribution in [2.75, 3.05) is 0 Å². The van der Waals surface area contributed by atoms with Crippen LogP contribution in [-0.2, 0) is 4.79 Å². The Kier molecular flexibility index (Phi) is 1.47. The van der Waals surface area contributed by atoms with Gasteiger partial charge in [-0.2, -0.15) is 0 Å². The number of carbonyl (C=O) groups is 1. The molecule has 72 valence electrons. The van der Waals surface area contributed by atoms with E-state index in [2.05, 4.69) is 11.4 Å². The summed E-state index contributed by atoms with van der Waals surface area (Å²) in [5.74, 6) is -0.718. The molecule has 2 aliphatic carbocycles. The summed E-state index contributed by atoms with van der Waals surface area (Å²) < 4.78 is 0. The van der Waals surface area contributed by atoms with Gasteiger partial charge in [-0.3, -0.25) is 10.1 Å². The maximum atomic E-state index is 11.0. The number of carboxylic acid groups (broad SMARTS) is 1. The number of fused-ring (bicyclic) bond motifs is 2. The minimum Gasteiger partial charge on any atom is -0.480 e. The summed E-state index contributed by atoms with van der Waals surface area (Å²) in [6, 6.07) is -0.110. The van der Waals surface area contributed by atoms with Crippen LogP contribution in [-0.4, -0.2) is 23.2 Å². The molecule has 3 heteroatoms. The fourth-order valence-corrected chi connectivity index (χ4v) is 2.35. The van der Waals surface area contributed by atoms with Crippen LogP contribution >= 0.6 is 0 Å². The second-order valence-corrected chi connectivity index (χ2v) is 3.99. The van der Waals surface area contributed by atoms with Gasteiger partial charge in [-0.15, -0.1) is 0 Å². The highest BCUT2D eigenvalue weighted by molar-refractivity contribution is 5.77. The Hall–Kier alpha value is -1.35. The third-order valence-electron chi connectivity index (χ3n) is 3.13. The molecular formula is C11H11NO2. The monoisotopic (exact) mass is 189 g/mol. The highest BCUT2D eigenvalue weighted by atomic mass is 16.4. The lowest BCUT2D eigenvalue weighted by Crippen LogP contribution is -2.46. The van der Waals surface area contributed by atoms with E-state index in [1.165, 1.54) is 11.1 Å². The Balaban J connectivity index is 2.03. The number of nitrogens with one attached hydrogen (secondary N) is 1. The van der Waals surface area contributed by atoms with Gasteiger partial charge < -0.3 is 5.11 Å². The summed E-state index contributed by atoms with van der Waals surface area (Å²) >= 11 is 0. The van der Waals surface area contributed by atoms with Gasteiger partial charge >= 0.3 is 5.97 Å². The van der Waals surface area contributed by atoms with Crippen molar-refractivity contribution in [2.45, 2.75) is 18.5 Å². The molecule has 3 aliphatic rings. The van der Waals surface area contributed by atoms with E-state index in [0.717, 1.165) is 6.42 Å². The third-order valence-corrected chi connectivity index (χ3v) is 3.13. The average Bonchev–Trinajstić information content (AvgIpc) is 2.95. The molecule has 0 radical (unpaired) electrons. The van der Waals surface area contributed by atoms with E-state index in [0.29, 0.717) is 6.04 Å². The van der Waals surface area contributed by atoms with Crippen molar-refractivity contribution in [1.29, 1.82) is 0 Å². The van der Waals surface area contributed by atoms with Crippen LogP contribution in [0.3, 0.4) is 0 Å². The van der Waals surface area contributed by atoms with Crippen LogP contribution in [0.15, 0.2) is 35.5 Å². The van der Waals surface area contributed by atoms with E-state index in [-0.39, 0.29) is 5.92 Å². The normalized spacial score (nSPS) is 37.9. The molecule has 1 heterocycles. The molecule has 2 N–H and O–H groups in total. The van der Waals surface area contributed by atoms with Crippen molar-refractivity contribution in [3.05, 3.63) is 35.5 Å². The number of carboxylic acids is 1. The van der Waals surface area contributed by atoms with E-state index < -0.39 is 12.0 Å². The molecule has 3 unspecified atom stereocenters. The van der Waals surface area contributed by atoms with Crippen molar-refractivity contribution in [2.24, 2.45) is 5.92 Å². The molecule has 1 saturated carbocycles. The first-order valence-corrected chi connectivity index (χ1v) is 4.84. The van der Waals surface area contributed by atoms with Crippen LogP contribution in [0.5, 0.6) is 0 Å². The minimum atomic E-state index is -0.751. The topological polar surface area (TPSA) is 49.3 Å². The van der Waals surface area contributed by atoms with Gasteiger partial charge in [-0.05, 0) is 17.6 Å². The first-order chi connectivity index (χ1) is 6.77. The fourth-order valence-electron chi connectivity index (χ4n) is 2.35. The van der Waals surface area contributed by atoms with Crippen LogP contribution < -0.4 is 5.32 Å².